The molecule has 0 atom stereocenters. The lowest BCUT2D eigenvalue weighted by Crippen LogP contribution is -2.38. The van der Waals surface area contributed by atoms with Crippen molar-refractivity contribution < 1.29 is 9.18 Å². The summed E-state index contributed by atoms with van der Waals surface area (Å²) in [6.45, 7) is 1.15. The first-order chi connectivity index (χ1) is 12.5. The molecule has 3 aromatic rings. The van der Waals surface area contributed by atoms with Gasteiger partial charge in [-0.3, -0.25) is 4.79 Å². The van der Waals surface area contributed by atoms with Gasteiger partial charge >= 0.3 is 0 Å². The fourth-order valence-corrected chi connectivity index (χ4v) is 4.71. The van der Waals surface area contributed by atoms with Crippen LogP contribution in [0.3, 0.4) is 0 Å². The number of likely N-dealkylation sites (tertiary alicyclic amines) is 1. The monoisotopic (exact) mass is 408 g/mol. The van der Waals surface area contributed by atoms with E-state index in [0.29, 0.717) is 29.1 Å². The van der Waals surface area contributed by atoms with Gasteiger partial charge in [-0.1, -0.05) is 23.2 Å². The summed E-state index contributed by atoms with van der Waals surface area (Å²) in [5.74, 6) is -0.538. The molecular formula is C19H15Cl2FN2OS. The number of hydrogen-bond acceptors (Lipinski definition) is 3. The second-order valence-electron chi connectivity index (χ2n) is 6.35. The zero-order valence-electron chi connectivity index (χ0n) is 13.7. The van der Waals surface area contributed by atoms with Crippen molar-refractivity contribution in [2.24, 2.45) is 0 Å². The molecule has 0 aliphatic carbocycles. The third-order valence-electron chi connectivity index (χ3n) is 4.66. The predicted molar refractivity (Wildman–Crippen MR) is 104 cm³/mol. The van der Waals surface area contributed by atoms with Crippen LogP contribution in [0.15, 0.2) is 36.4 Å². The number of aromatic nitrogens is 1. The Morgan fingerprint density at radius 3 is 2.58 bits per heavy atom. The van der Waals surface area contributed by atoms with Crippen molar-refractivity contribution in [2.75, 3.05) is 13.1 Å². The Kier molecular flexibility index (Phi) is 4.86. The van der Waals surface area contributed by atoms with Crippen LogP contribution in [0, 0.1) is 5.82 Å². The third kappa shape index (κ3) is 3.43. The molecule has 1 aliphatic heterocycles. The standard InChI is InChI=1S/C19H15Cl2FN2OS/c20-12-1-3-15(22)14(9-12)19(25)24-7-5-11(6-8-24)18-23-16-10-13(21)2-4-17(16)26-18/h1-4,9-11H,5-8H2. The first kappa shape index (κ1) is 17.7. The van der Waals surface area contributed by atoms with Crippen LogP contribution in [0.2, 0.25) is 10.0 Å². The molecule has 0 saturated carbocycles. The zero-order chi connectivity index (χ0) is 18.3. The van der Waals surface area contributed by atoms with Gasteiger partial charge in [0.15, 0.2) is 0 Å². The smallest absolute Gasteiger partial charge is 0.256 e. The highest BCUT2D eigenvalue weighted by Crippen LogP contribution is 2.35. The number of benzene rings is 2. The Morgan fingerprint density at radius 2 is 1.81 bits per heavy atom. The van der Waals surface area contributed by atoms with Crippen molar-refractivity contribution in [3.05, 3.63) is 62.8 Å². The zero-order valence-corrected chi connectivity index (χ0v) is 16.0. The van der Waals surface area contributed by atoms with Gasteiger partial charge in [0.1, 0.15) is 5.82 Å². The van der Waals surface area contributed by atoms with Crippen LogP contribution in [0.5, 0.6) is 0 Å². The molecule has 1 aliphatic rings. The summed E-state index contributed by atoms with van der Waals surface area (Å²) >= 11 is 13.6. The summed E-state index contributed by atoms with van der Waals surface area (Å²) in [4.78, 5) is 19.0. The normalized spacial score (nSPS) is 15.6. The molecule has 0 N–H and O–H groups in total. The summed E-state index contributed by atoms with van der Waals surface area (Å²) in [6.07, 6.45) is 1.61. The van der Waals surface area contributed by atoms with Gasteiger partial charge in [-0.05, 0) is 49.2 Å². The van der Waals surface area contributed by atoms with Crippen LogP contribution < -0.4 is 0 Å². The Labute approximate surface area is 164 Å². The molecule has 7 heteroatoms. The van der Waals surface area contributed by atoms with E-state index in [1.807, 2.05) is 18.2 Å². The molecule has 1 aromatic heterocycles. The van der Waals surface area contributed by atoms with Crippen molar-refractivity contribution in [1.29, 1.82) is 0 Å². The summed E-state index contributed by atoms with van der Waals surface area (Å²) in [5.41, 5.74) is 0.947. The number of hydrogen-bond donors (Lipinski definition) is 0. The summed E-state index contributed by atoms with van der Waals surface area (Å²) in [6, 6.07) is 9.79. The number of thiazole rings is 1. The molecule has 2 aromatic carbocycles. The molecule has 0 unspecified atom stereocenters. The van der Waals surface area contributed by atoms with E-state index in [0.717, 1.165) is 28.1 Å². The Morgan fingerprint density at radius 1 is 1.12 bits per heavy atom. The Balaban J connectivity index is 1.48. The van der Waals surface area contributed by atoms with E-state index in [4.69, 9.17) is 28.2 Å². The molecular weight excluding hydrogens is 394 g/mol. The van der Waals surface area contributed by atoms with Gasteiger partial charge in [-0.25, -0.2) is 9.37 Å². The number of carbonyl (C=O) groups excluding carboxylic acids is 1. The highest BCUT2D eigenvalue weighted by molar-refractivity contribution is 7.18. The van der Waals surface area contributed by atoms with E-state index in [-0.39, 0.29) is 11.5 Å². The van der Waals surface area contributed by atoms with Crippen molar-refractivity contribution >= 4 is 50.7 Å². The van der Waals surface area contributed by atoms with E-state index in [1.165, 1.54) is 18.2 Å². The maximum Gasteiger partial charge on any atom is 0.256 e. The number of fused-ring (bicyclic) bond motifs is 1. The highest BCUT2D eigenvalue weighted by atomic mass is 35.5. The van der Waals surface area contributed by atoms with Gasteiger partial charge in [-0.2, -0.15) is 0 Å². The summed E-state index contributed by atoms with van der Waals surface area (Å²) < 4.78 is 15.1. The molecule has 26 heavy (non-hydrogen) atoms. The lowest BCUT2D eigenvalue weighted by Gasteiger charge is -2.31. The number of amides is 1. The SMILES string of the molecule is O=C(c1cc(Cl)ccc1F)N1CCC(c2nc3cc(Cl)ccc3s2)CC1. The minimum Gasteiger partial charge on any atom is -0.339 e. The van der Waals surface area contributed by atoms with Crippen LogP contribution in [0.4, 0.5) is 4.39 Å². The third-order valence-corrected chi connectivity index (χ3v) is 6.33. The van der Waals surface area contributed by atoms with Crippen molar-refractivity contribution in [1.82, 2.24) is 9.88 Å². The molecule has 3 nitrogen and oxygen atoms in total. The first-order valence-corrected chi connectivity index (χ1v) is 9.89. The fraction of sp³-hybridized carbons (Fsp3) is 0.263. The van der Waals surface area contributed by atoms with E-state index in [1.54, 1.807) is 16.2 Å². The molecule has 2 heterocycles. The van der Waals surface area contributed by atoms with Gasteiger partial charge in [0.05, 0.1) is 20.8 Å². The van der Waals surface area contributed by atoms with Crippen molar-refractivity contribution in [2.45, 2.75) is 18.8 Å². The Hall–Kier alpha value is -1.69. The number of rotatable bonds is 2. The van der Waals surface area contributed by atoms with Crippen LogP contribution in [0.25, 0.3) is 10.2 Å². The molecule has 0 radical (unpaired) electrons. The van der Waals surface area contributed by atoms with Crippen LogP contribution >= 0.6 is 34.5 Å². The maximum absolute atomic E-state index is 13.9. The van der Waals surface area contributed by atoms with Crippen molar-refractivity contribution in [3.8, 4) is 0 Å². The lowest BCUT2D eigenvalue weighted by molar-refractivity contribution is 0.0708. The van der Waals surface area contributed by atoms with E-state index >= 15 is 0 Å². The minimum absolute atomic E-state index is 0.0329. The molecule has 1 amide bonds. The molecule has 0 bridgehead atoms. The number of piperidine rings is 1. The number of carbonyl (C=O) groups is 1. The quantitative estimate of drug-likeness (QED) is 0.539. The average Bonchev–Trinajstić information content (AvgIpc) is 3.06. The molecule has 134 valence electrons. The number of nitrogens with zero attached hydrogens (tertiary/aromatic N) is 2. The largest absolute Gasteiger partial charge is 0.339 e. The average molecular weight is 409 g/mol. The van der Waals surface area contributed by atoms with E-state index < -0.39 is 5.82 Å². The van der Waals surface area contributed by atoms with Crippen LogP contribution in [-0.4, -0.2) is 28.9 Å². The van der Waals surface area contributed by atoms with Gasteiger partial charge < -0.3 is 4.90 Å². The summed E-state index contributed by atoms with van der Waals surface area (Å²) in [5, 5.41) is 2.11. The topological polar surface area (TPSA) is 33.2 Å². The lowest BCUT2D eigenvalue weighted by atomic mass is 9.97. The predicted octanol–water partition coefficient (Wildman–Crippen LogP) is 5.76. The van der Waals surface area contributed by atoms with E-state index in [9.17, 15) is 9.18 Å². The van der Waals surface area contributed by atoms with Crippen LogP contribution in [0.1, 0.15) is 34.1 Å². The second-order valence-corrected chi connectivity index (χ2v) is 8.29. The summed E-state index contributed by atoms with van der Waals surface area (Å²) in [7, 11) is 0. The van der Waals surface area contributed by atoms with E-state index in [2.05, 4.69) is 0 Å². The fourth-order valence-electron chi connectivity index (χ4n) is 3.25. The molecule has 1 fully saturated rings. The molecule has 0 spiro atoms. The van der Waals surface area contributed by atoms with Crippen LogP contribution in [-0.2, 0) is 0 Å². The molecule has 4 rings (SSSR count). The number of halogens is 3. The van der Waals surface area contributed by atoms with Crippen molar-refractivity contribution in [3.63, 3.8) is 0 Å². The second kappa shape index (κ2) is 7.14. The van der Waals surface area contributed by atoms with Gasteiger partial charge in [0.25, 0.3) is 5.91 Å². The molecule has 1 saturated heterocycles. The van der Waals surface area contributed by atoms with Gasteiger partial charge in [-0.15, -0.1) is 11.3 Å². The Bertz CT molecular complexity index is 983. The minimum atomic E-state index is -0.537. The van der Waals surface area contributed by atoms with Gasteiger partial charge in [0.2, 0.25) is 0 Å². The maximum atomic E-state index is 13.9. The highest BCUT2D eigenvalue weighted by Gasteiger charge is 2.27. The first-order valence-electron chi connectivity index (χ1n) is 8.31. The van der Waals surface area contributed by atoms with Gasteiger partial charge in [0, 0.05) is 29.1 Å².